The molecule has 2 aromatic rings. The van der Waals surface area contributed by atoms with Crippen LogP contribution in [0.3, 0.4) is 0 Å². The van der Waals surface area contributed by atoms with Gasteiger partial charge in [0, 0.05) is 24.1 Å². The minimum atomic E-state index is 0.621. The fourth-order valence-corrected chi connectivity index (χ4v) is 3.25. The highest BCUT2D eigenvalue weighted by atomic mass is 15.3. The molecule has 0 saturated heterocycles. The van der Waals surface area contributed by atoms with Crippen molar-refractivity contribution in [2.24, 2.45) is 11.8 Å². The maximum absolute atomic E-state index is 4.27. The zero-order chi connectivity index (χ0) is 14.7. The number of hydrogen-bond acceptors (Lipinski definition) is 2. The van der Waals surface area contributed by atoms with Gasteiger partial charge in [0.05, 0.1) is 6.54 Å². The summed E-state index contributed by atoms with van der Waals surface area (Å²) in [7, 11) is 0. The molecule has 0 bridgehead atoms. The van der Waals surface area contributed by atoms with Crippen LogP contribution in [0.2, 0.25) is 0 Å². The summed E-state index contributed by atoms with van der Waals surface area (Å²) < 4.78 is 1.96. The van der Waals surface area contributed by atoms with E-state index in [9.17, 15) is 0 Å². The normalized spacial score (nSPS) is 25.7. The number of rotatable bonds is 4. The first-order chi connectivity index (χ1) is 10.2. The molecule has 0 aliphatic heterocycles. The lowest BCUT2D eigenvalue weighted by Crippen LogP contribution is -2.30. The fraction of sp³-hybridized carbons (Fsp3) is 0.500. The molecule has 0 amide bonds. The number of nitrogens with one attached hydrogen (secondary N) is 1. The molecule has 1 aromatic carbocycles. The summed E-state index contributed by atoms with van der Waals surface area (Å²) in [4.78, 5) is 0. The van der Waals surface area contributed by atoms with E-state index in [1.54, 1.807) is 0 Å². The lowest BCUT2D eigenvalue weighted by molar-refractivity contribution is 0.261. The van der Waals surface area contributed by atoms with E-state index in [1.807, 2.05) is 23.1 Å². The topological polar surface area (TPSA) is 29.9 Å². The van der Waals surface area contributed by atoms with Gasteiger partial charge in [-0.1, -0.05) is 26.0 Å². The molecule has 1 saturated carbocycles. The average molecular weight is 283 g/mol. The highest BCUT2D eigenvalue weighted by Crippen LogP contribution is 2.31. The van der Waals surface area contributed by atoms with Crippen LogP contribution in [0.1, 0.15) is 38.7 Å². The molecule has 3 rings (SSSR count). The Balaban J connectivity index is 1.63. The van der Waals surface area contributed by atoms with Crippen LogP contribution in [0.5, 0.6) is 0 Å². The van der Waals surface area contributed by atoms with Gasteiger partial charge in [-0.25, -0.2) is 0 Å². The van der Waals surface area contributed by atoms with Gasteiger partial charge in [0.2, 0.25) is 0 Å². The average Bonchev–Trinajstić information content (AvgIpc) is 2.96. The summed E-state index contributed by atoms with van der Waals surface area (Å²) in [6, 6.07) is 11.3. The molecular weight excluding hydrogens is 258 g/mol. The number of anilines is 1. The van der Waals surface area contributed by atoms with Crippen molar-refractivity contribution in [1.29, 1.82) is 0 Å². The number of hydrogen-bond donors (Lipinski definition) is 1. The van der Waals surface area contributed by atoms with E-state index in [0.29, 0.717) is 6.04 Å². The Labute approximate surface area is 127 Å². The molecule has 1 fully saturated rings. The lowest BCUT2D eigenvalue weighted by atomic mass is 9.79. The SMILES string of the molecule is CC1CCC(Nc2cccc(Cn3cccn3)c2)CC1C. The monoisotopic (exact) mass is 283 g/mol. The van der Waals surface area contributed by atoms with Gasteiger partial charge in [0.1, 0.15) is 0 Å². The van der Waals surface area contributed by atoms with E-state index < -0.39 is 0 Å². The molecule has 1 heterocycles. The first-order valence-electron chi connectivity index (χ1n) is 8.03. The Hall–Kier alpha value is -1.77. The summed E-state index contributed by atoms with van der Waals surface area (Å²) in [6.45, 7) is 5.60. The molecule has 112 valence electrons. The van der Waals surface area contributed by atoms with Gasteiger partial charge in [-0.2, -0.15) is 5.10 Å². The minimum Gasteiger partial charge on any atom is -0.382 e. The van der Waals surface area contributed by atoms with Gasteiger partial charge < -0.3 is 5.32 Å². The second-order valence-electron chi connectivity index (χ2n) is 6.51. The van der Waals surface area contributed by atoms with Crippen LogP contribution >= 0.6 is 0 Å². The molecule has 3 nitrogen and oxygen atoms in total. The molecule has 3 unspecified atom stereocenters. The number of benzene rings is 1. The van der Waals surface area contributed by atoms with Crippen LogP contribution in [0, 0.1) is 11.8 Å². The third-order valence-corrected chi connectivity index (χ3v) is 4.80. The quantitative estimate of drug-likeness (QED) is 0.912. The van der Waals surface area contributed by atoms with Crippen LogP contribution in [0.25, 0.3) is 0 Å². The Bertz CT molecular complexity index is 562. The molecule has 1 aromatic heterocycles. The predicted molar refractivity (Wildman–Crippen MR) is 87.4 cm³/mol. The van der Waals surface area contributed by atoms with Crippen molar-refractivity contribution in [1.82, 2.24) is 9.78 Å². The molecule has 21 heavy (non-hydrogen) atoms. The third-order valence-electron chi connectivity index (χ3n) is 4.80. The Morgan fingerprint density at radius 1 is 1.19 bits per heavy atom. The van der Waals surface area contributed by atoms with Crippen LogP contribution in [0.4, 0.5) is 5.69 Å². The largest absolute Gasteiger partial charge is 0.382 e. The summed E-state index contributed by atoms with van der Waals surface area (Å²) in [6.07, 6.45) is 7.74. The van der Waals surface area contributed by atoms with Gasteiger partial charge in [-0.05, 0) is 54.9 Å². The van der Waals surface area contributed by atoms with Crippen LogP contribution in [-0.4, -0.2) is 15.8 Å². The van der Waals surface area contributed by atoms with Crippen molar-refractivity contribution < 1.29 is 0 Å². The van der Waals surface area contributed by atoms with Crippen molar-refractivity contribution in [2.45, 2.75) is 45.7 Å². The zero-order valence-electron chi connectivity index (χ0n) is 13.0. The van der Waals surface area contributed by atoms with Crippen LogP contribution < -0.4 is 5.32 Å². The summed E-state index contributed by atoms with van der Waals surface area (Å²) in [5, 5.41) is 7.99. The molecule has 1 N–H and O–H groups in total. The van der Waals surface area contributed by atoms with E-state index in [4.69, 9.17) is 0 Å². The second kappa shape index (κ2) is 6.33. The van der Waals surface area contributed by atoms with E-state index >= 15 is 0 Å². The van der Waals surface area contributed by atoms with Crippen molar-refractivity contribution in [3.8, 4) is 0 Å². The third kappa shape index (κ3) is 3.66. The number of nitrogens with zero attached hydrogens (tertiary/aromatic N) is 2. The maximum atomic E-state index is 4.27. The van der Waals surface area contributed by atoms with Crippen molar-refractivity contribution in [3.63, 3.8) is 0 Å². The van der Waals surface area contributed by atoms with Crippen LogP contribution in [0.15, 0.2) is 42.7 Å². The van der Waals surface area contributed by atoms with Crippen LogP contribution in [-0.2, 0) is 6.54 Å². The predicted octanol–water partition coefficient (Wildman–Crippen LogP) is 4.17. The number of aromatic nitrogens is 2. The lowest BCUT2D eigenvalue weighted by Gasteiger charge is -2.33. The molecule has 3 heteroatoms. The van der Waals surface area contributed by atoms with E-state index in [0.717, 1.165) is 18.4 Å². The van der Waals surface area contributed by atoms with Gasteiger partial charge in [-0.15, -0.1) is 0 Å². The molecular formula is C18H25N3. The van der Waals surface area contributed by atoms with Gasteiger partial charge in [0.25, 0.3) is 0 Å². The zero-order valence-corrected chi connectivity index (χ0v) is 13.0. The van der Waals surface area contributed by atoms with E-state index in [1.165, 1.54) is 30.5 Å². The molecule has 1 aliphatic carbocycles. The first kappa shape index (κ1) is 14.2. The molecule has 3 atom stereocenters. The summed E-state index contributed by atoms with van der Waals surface area (Å²) >= 11 is 0. The summed E-state index contributed by atoms with van der Waals surface area (Å²) in [5.74, 6) is 1.69. The van der Waals surface area contributed by atoms with Gasteiger partial charge in [0.15, 0.2) is 0 Å². The smallest absolute Gasteiger partial charge is 0.0660 e. The van der Waals surface area contributed by atoms with E-state index in [-0.39, 0.29) is 0 Å². The van der Waals surface area contributed by atoms with Crippen molar-refractivity contribution in [2.75, 3.05) is 5.32 Å². The minimum absolute atomic E-state index is 0.621. The van der Waals surface area contributed by atoms with Crippen molar-refractivity contribution in [3.05, 3.63) is 48.3 Å². The molecule has 1 aliphatic rings. The maximum Gasteiger partial charge on any atom is 0.0660 e. The second-order valence-corrected chi connectivity index (χ2v) is 6.51. The van der Waals surface area contributed by atoms with E-state index in [2.05, 4.69) is 48.5 Å². The Morgan fingerprint density at radius 2 is 2.10 bits per heavy atom. The fourth-order valence-electron chi connectivity index (χ4n) is 3.25. The standard InChI is InChI=1S/C18H25N3/c1-14-7-8-18(11-15(14)2)20-17-6-3-5-16(12-17)13-21-10-4-9-19-21/h3-6,9-10,12,14-15,18,20H,7-8,11,13H2,1-2H3. The van der Waals surface area contributed by atoms with Gasteiger partial charge in [-0.3, -0.25) is 4.68 Å². The van der Waals surface area contributed by atoms with Gasteiger partial charge >= 0.3 is 0 Å². The highest BCUT2D eigenvalue weighted by molar-refractivity contribution is 5.46. The van der Waals surface area contributed by atoms with Crippen molar-refractivity contribution >= 4 is 5.69 Å². The highest BCUT2D eigenvalue weighted by Gasteiger charge is 2.24. The Morgan fingerprint density at radius 3 is 2.86 bits per heavy atom. The molecule has 0 spiro atoms. The molecule has 0 radical (unpaired) electrons. The summed E-state index contributed by atoms with van der Waals surface area (Å²) in [5.41, 5.74) is 2.53. The Kier molecular flexibility index (Phi) is 4.28. The first-order valence-corrected chi connectivity index (χ1v) is 8.03.